The molecule has 1 aliphatic rings. The van der Waals surface area contributed by atoms with Gasteiger partial charge in [-0.3, -0.25) is 0 Å². The number of hydrogen-bond donors (Lipinski definition) is 3. The van der Waals surface area contributed by atoms with Crippen LogP contribution in [0.3, 0.4) is 0 Å². The molecule has 0 aliphatic heterocycles. The summed E-state index contributed by atoms with van der Waals surface area (Å²) in [6.45, 7) is 1.54. The number of rotatable bonds is 2. The van der Waals surface area contributed by atoms with E-state index in [1.807, 2.05) is 0 Å². The second-order valence-corrected chi connectivity index (χ2v) is 3.53. The largest absolute Gasteiger partial charge is 0.396 e. The van der Waals surface area contributed by atoms with Crippen molar-refractivity contribution in [3.05, 3.63) is 0 Å². The van der Waals surface area contributed by atoms with Crippen molar-refractivity contribution in [3.8, 4) is 0 Å². The molecule has 1 rings (SSSR count). The Kier molecular flexibility index (Phi) is 2.73. The van der Waals surface area contributed by atoms with Gasteiger partial charge in [0.05, 0.1) is 12.2 Å². The Labute approximate surface area is 71.8 Å². The van der Waals surface area contributed by atoms with Crippen molar-refractivity contribution in [1.82, 2.24) is 0 Å². The van der Waals surface area contributed by atoms with Crippen molar-refractivity contribution >= 4 is 0 Å². The molecule has 0 radical (unpaired) electrons. The minimum absolute atomic E-state index is 0.114. The van der Waals surface area contributed by atoms with E-state index >= 15 is 0 Å². The summed E-state index contributed by atoms with van der Waals surface area (Å²) in [5, 5.41) is 28.0. The number of aliphatic hydroxyl groups is 3. The van der Waals surface area contributed by atoms with Crippen molar-refractivity contribution in [3.63, 3.8) is 0 Å². The third-order valence-corrected chi connectivity index (χ3v) is 2.90. The van der Waals surface area contributed by atoms with E-state index < -0.39 is 17.8 Å². The molecule has 12 heavy (non-hydrogen) atoms. The second kappa shape index (κ2) is 3.30. The summed E-state index contributed by atoms with van der Waals surface area (Å²) in [5.41, 5.74) is -0.923. The van der Waals surface area contributed by atoms with Gasteiger partial charge in [0.2, 0.25) is 0 Å². The third kappa shape index (κ3) is 1.25. The van der Waals surface area contributed by atoms with Gasteiger partial charge < -0.3 is 20.1 Å². The SMILES string of the molecule is COC1(C)C(O)CC(CO)C1O. The van der Waals surface area contributed by atoms with Crippen LogP contribution < -0.4 is 0 Å². The maximum Gasteiger partial charge on any atom is 0.117 e. The lowest BCUT2D eigenvalue weighted by Gasteiger charge is -2.30. The summed E-state index contributed by atoms with van der Waals surface area (Å²) >= 11 is 0. The predicted molar refractivity (Wildman–Crippen MR) is 42.6 cm³/mol. The van der Waals surface area contributed by atoms with E-state index in [0.717, 1.165) is 0 Å². The fourth-order valence-corrected chi connectivity index (χ4v) is 1.75. The summed E-state index contributed by atoms with van der Waals surface area (Å²) < 4.78 is 5.04. The van der Waals surface area contributed by atoms with Gasteiger partial charge in [-0.15, -0.1) is 0 Å². The van der Waals surface area contributed by atoms with Crippen LogP contribution >= 0.6 is 0 Å². The fourth-order valence-electron chi connectivity index (χ4n) is 1.75. The first-order valence-electron chi connectivity index (χ1n) is 4.08. The molecule has 1 fully saturated rings. The van der Waals surface area contributed by atoms with Gasteiger partial charge in [-0.25, -0.2) is 0 Å². The summed E-state index contributed by atoms with van der Waals surface area (Å²) in [7, 11) is 1.45. The standard InChI is InChI=1S/C8H16O4/c1-8(12-2)6(10)3-5(4-9)7(8)11/h5-7,9-11H,3-4H2,1-2H3. The quantitative estimate of drug-likeness (QED) is 0.511. The lowest BCUT2D eigenvalue weighted by atomic mass is 9.98. The maximum absolute atomic E-state index is 9.63. The molecule has 4 unspecified atom stereocenters. The molecular weight excluding hydrogens is 160 g/mol. The average molecular weight is 176 g/mol. The fraction of sp³-hybridized carbons (Fsp3) is 1.00. The lowest BCUT2D eigenvalue weighted by molar-refractivity contribution is -0.130. The topological polar surface area (TPSA) is 69.9 Å². The highest BCUT2D eigenvalue weighted by molar-refractivity contribution is 5.01. The molecule has 0 saturated heterocycles. The van der Waals surface area contributed by atoms with Crippen LogP contribution in [0.25, 0.3) is 0 Å². The molecule has 0 spiro atoms. The highest BCUT2D eigenvalue weighted by Crippen LogP contribution is 2.37. The summed E-state index contributed by atoms with van der Waals surface area (Å²) in [6.07, 6.45) is -1.10. The van der Waals surface area contributed by atoms with Crippen LogP contribution in [0.1, 0.15) is 13.3 Å². The van der Waals surface area contributed by atoms with E-state index in [4.69, 9.17) is 9.84 Å². The van der Waals surface area contributed by atoms with Crippen molar-refractivity contribution in [2.45, 2.75) is 31.2 Å². The van der Waals surface area contributed by atoms with Gasteiger partial charge in [0.15, 0.2) is 0 Å². The first-order valence-corrected chi connectivity index (χ1v) is 4.08. The van der Waals surface area contributed by atoms with Gasteiger partial charge in [-0.05, 0) is 13.3 Å². The Morgan fingerprint density at radius 2 is 2.08 bits per heavy atom. The van der Waals surface area contributed by atoms with Gasteiger partial charge in [0, 0.05) is 19.6 Å². The van der Waals surface area contributed by atoms with Crippen LogP contribution in [0, 0.1) is 5.92 Å². The molecule has 3 N–H and O–H groups in total. The zero-order valence-corrected chi connectivity index (χ0v) is 7.40. The van der Waals surface area contributed by atoms with Gasteiger partial charge >= 0.3 is 0 Å². The van der Waals surface area contributed by atoms with E-state index in [-0.39, 0.29) is 12.5 Å². The van der Waals surface area contributed by atoms with E-state index in [1.165, 1.54) is 7.11 Å². The van der Waals surface area contributed by atoms with Crippen LogP contribution in [-0.4, -0.2) is 46.8 Å². The van der Waals surface area contributed by atoms with Gasteiger partial charge in [-0.1, -0.05) is 0 Å². The number of ether oxygens (including phenoxy) is 1. The van der Waals surface area contributed by atoms with Gasteiger partial charge in [-0.2, -0.15) is 0 Å². The maximum atomic E-state index is 9.63. The average Bonchev–Trinajstić information content (AvgIpc) is 2.30. The highest BCUT2D eigenvalue weighted by Gasteiger charge is 2.51. The van der Waals surface area contributed by atoms with E-state index in [0.29, 0.717) is 6.42 Å². The van der Waals surface area contributed by atoms with Crippen LogP contribution in [0.4, 0.5) is 0 Å². The predicted octanol–water partition coefficient (Wildman–Crippen LogP) is -0.875. The second-order valence-electron chi connectivity index (χ2n) is 3.53. The molecule has 4 heteroatoms. The van der Waals surface area contributed by atoms with Crippen LogP contribution in [0.5, 0.6) is 0 Å². The van der Waals surface area contributed by atoms with E-state index in [9.17, 15) is 10.2 Å². The summed E-state index contributed by atoms with van der Waals surface area (Å²) in [5.74, 6) is -0.273. The van der Waals surface area contributed by atoms with Gasteiger partial charge in [0.25, 0.3) is 0 Å². The Balaban J connectivity index is 2.76. The zero-order chi connectivity index (χ0) is 9.35. The molecule has 4 nitrogen and oxygen atoms in total. The monoisotopic (exact) mass is 176 g/mol. The summed E-state index contributed by atoms with van der Waals surface area (Å²) in [6, 6.07) is 0. The third-order valence-electron chi connectivity index (χ3n) is 2.90. The van der Waals surface area contributed by atoms with E-state index in [1.54, 1.807) is 6.92 Å². The van der Waals surface area contributed by atoms with Crippen molar-refractivity contribution < 1.29 is 20.1 Å². The first-order chi connectivity index (χ1) is 5.56. The lowest BCUT2D eigenvalue weighted by Crippen LogP contribution is -2.46. The molecule has 0 aromatic rings. The molecule has 0 heterocycles. The molecule has 1 aliphatic carbocycles. The van der Waals surface area contributed by atoms with E-state index in [2.05, 4.69) is 0 Å². The first kappa shape index (κ1) is 9.92. The van der Waals surface area contributed by atoms with Crippen LogP contribution in [-0.2, 0) is 4.74 Å². The van der Waals surface area contributed by atoms with Crippen molar-refractivity contribution in [1.29, 1.82) is 0 Å². The molecule has 1 saturated carbocycles. The molecule has 0 aromatic carbocycles. The zero-order valence-electron chi connectivity index (χ0n) is 7.40. The summed E-state index contributed by atoms with van der Waals surface area (Å²) in [4.78, 5) is 0. The van der Waals surface area contributed by atoms with Crippen LogP contribution in [0.15, 0.2) is 0 Å². The van der Waals surface area contributed by atoms with Gasteiger partial charge in [0.1, 0.15) is 5.60 Å². The Morgan fingerprint density at radius 3 is 2.33 bits per heavy atom. The number of hydrogen-bond acceptors (Lipinski definition) is 4. The minimum Gasteiger partial charge on any atom is -0.396 e. The molecule has 72 valence electrons. The molecule has 0 aromatic heterocycles. The highest BCUT2D eigenvalue weighted by atomic mass is 16.5. The molecule has 0 bridgehead atoms. The Hall–Kier alpha value is -0.160. The van der Waals surface area contributed by atoms with Crippen molar-refractivity contribution in [2.75, 3.05) is 13.7 Å². The molecular formula is C8H16O4. The molecule has 4 atom stereocenters. The van der Waals surface area contributed by atoms with Crippen LogP contribution in [0.2, 0.25) is 0 Å². The number of methoxy groups -OCH3 is 1. The smallest absolute Gasteiger partial charge is 0.117 e. The normalized spacial score (nSPS) is 48.2. The Bertz CT molecular complexity index is 161. The molecule has 0 amide bonds. The number of aliphatic hydroxyl groups excluding tert-OH is 3. The Morgan fingerprint density at radius 1 is 1.50 bits per heavy atom. The minimum atomic E-state index is -0.923. The van der Waals surface area contributed by atoms with Crippen molar-refractivity contribution in [2.24, 2.45) is 5.92 Å².